The first kappa shape index (κ1) is 15.0. The Morgan fingerprint density at radius 1 is 1.39 bits per heavy atom. The molecule has 1 fully saturated rings. The first-order chi connectivity index (χ1) is 8.49. The fourth-order valence-corrected chi connectivity index (χ4v) is 2.37. The fraction of sp³-hybridized carbons (Fsp3) is 0.846. The zero-order valence-electron chi connectivity index (χ0n) is 11.6. The molecule has 0 aliphatic carbocycles. The van der Waals surface area contributed by atoms with Crippen LogP contribution in [-0.2, 0) is 9.59 Å². The van der Waals surface area contributed by atoms with Gasteiger partial charge in [0.25, 0.3) is 0 Å². The Morgan fingerprint density at radius 2 is 2.06 bits per heavy atom. The van der Waals surface area contributed by atoms with Crippen molar-refractivity contribution in [2.75, 3.05) is 26.7 Å². The van der Waals surface area contributed by atoms with Gasteiger partial charge < -0.3 is 10.0 Å². The summed E-state index contributed by atoms with van der Waals surface area (Å²) in [6.45, 7) is 5.59. The minimum absolute atomic E-state index is 0.00121. The number of nitrogens with zero attached hydrogens (tertiary/aromatic N) is 2. The second-order valence-corrected chi connectivity index (χ2v) is 5.03. The van der Waals surface area contributed by atoms with E-state index >= 15 is 0 Å². The van der Waals surface area contributed by atoms with Crippen LogP contribution < -0.4 is 0 Å². The van der Waals surface area contributed by atoms with Crippen LogP contribution >= 0.6 is 0 Å². The molecular weight excluding hydrogens is 232 g/mol. The van der Waals surface area contributed by atoms with E-state index in [2.05, 4.69) is 6.92 Å². The second-order valence-electron chi connectivity index (χ2n) is 5.03. The summed E-state index contributed by atoms with van der Waals surface area (Å²) in [4.78, 5) is 26.6. The Hall–Kier alpha value is -1.10. The van der Waals surface area contributed by atoms with E-state index < -0.39 is 12.0 Å². The SMILES string of the molecule is CCC1CCN(CC(=O)N(C)CC)C(C(=O)O)C1. The average Bonchev–Trinajstić information content (AvgIpc) is 2.37. The van der Waals surface area contributed by atoms with E-state index in [-0.39, 0.29) is 12.5 Å². The standard InChI is InChI=1S/C13H24N2O3/c1-4-10-6-7-15(11(8-10)13(17)18)9-12(16)14(3)5-2/h10-11H,4-9H2,1-3H3,(H,17,18). The van der Waals surface area contributed by atoms with Gasteiger partial charge in [0.1, 0.15) is 6.04 Å². The van der Waals surface area contributed by atoms with Gasteiger partial charge in [-0.25, -0.2) is 0 Å². The van der Waals surface area contributed by atoms with E-state index in [9.17, 15) is 14.7 Å². The summed E-state index contributed by atoms with van der Waals surface area (Å²) in [5, 5.41) is 9.26. The van der Waals surface area contributed by atoms with Crippen molar-refractivity contribution >= 4 is 11.9 Å². The lowest BCUT2D eigenvalue weighted by atomic mass is 9.89. The molecule has 5 heteroatoms. The fourth-order valence-electron chi connectivity index (χ4n) is 2.37. The quantitative estimate of drug-likeness (QED) is 0.798. The van der Waals surface area contributed by atoms with Crippen molar-refractivity contribution in [2.45, 2.75) is 39.2 Å². The maximum Gasteiger partial charge on any atom is 0.320 e. The summed E-state index contributed by atoms with van der Waals surface area (Å²) in [5.74, 6) is -0.333. The van der Waals surface area contributed by atoms with Crippen LogP contribution in [0.25, 0.3) is 0 Å². The monoisotopic (exact) mass is 256 g/mol. The molecule has 1 rings (SSSR count). The molecule has 5 nitrogen and oxygen atoms in total. The summed E-state index contributed by atoms with van der Waals surface area (Å²) in [6, 6.07) is -0.502. The third kappa shape index (κ3) is 3.70. The molecule has 104 valence electrons. The molecule has 0 spiro atoms. The number of carbonyl (C=O) groups is 2. The van der Waals surface area contributed by atoms with Crippen LogP contribution in [0, 0.1) is 5.92 Å². The van der Waals surface area contributed by atoms with Gasteiger partial charge in [0.15, 0.2) is 0 Å². The van der Waals surface area contributed by atoms with Crippen LogP contribution in [-0.4, -0.2) is 59.5 Å². The highest BCUT2D eigenvalue weighted by atomic mass is 16.4. The molecule has 2 unspecified atom stereocenters. The number of likely N-dealkylation sites (N-methyl/N-ethyl adjacent to an activating group) is 1. The Labute approximate surface area is 109 Å². The highest BCUT2D eigenvalue weighted by molar-refractivity contribution is 5.80. The lowest BCUT2D eigenvalue weighted by Crippen LogP contribution is -2.51. The maximum atomic E-state index is 11.9. The summed E-state index contributed by atoms with van der Waals surface area (Å²) >= 11 is 0. The molecule has 0 bridgehead atoms. The molecule has 1 saturated heterocycles. The third-order valence-corrected chi connectivity index (χ3v) is 3.92. The summed E-state index contributed by atoms with van der Waals surface area (Å²) < 4.78 is 0. The normalized spacial score (nSPS) is 24.8. The smallest absolute Gasteiger partial charge is 0.320 e. The Bertz CT molecular complexity index is 307. The average molecular weight is 256 g/mol. The Balaban J connectivity index is 2.63. The van der Waals surface area contributed by atoms with Gasteiger partial charge in [-0.2, -0.15) is 0 Å². The Morgan fingerprint density at radius 3 is 2.56 bits per heavy atom. The van der Waals surface area contributed by atoms with E-state index in [0.29, 0.717) is 25.4 Å². The van der Waals surface area contributed by atoms with Crippen molar-refractivity contribution < 1.29 is 14.7 Å². The minimum Gasteiger partial charge on any atom is -0.480 e. The number of amides is 1. The van der Waals surface area contributed by atoms with Crippen LogP contribution in [0.15, 0.2) is 0 Å². The first-order valence-corrected chi connectivity index (χ1v) is 6.70. The van der Waals surface area contributed by atoms with Gasteiger partial charge in [0.05, 0.1) is 6.54 Å². The number of hydrogen-bond donors (Lipinski definition) is 1. The van der Waals surface area contributed by atoms with E-state index in [0.717, 1.165) is 12.8 Å². The van der Waals surface area contributed by atoms with Gasteiger partial charge in [-0.3, -0.25) is 14.5 Å². The van der Waals surface area contributed by atoms with E-state index in [1.54, 1.807) is 11.9 Å². The van der Waals surface area contributed by atoms with Crippen molar-refractivity contribution in [3.63, 3.8) is 0 Å². The number of carbonyl (C=O) groups excluding carboxylic acids is 1. The Kier molecular flexibility index (Phi) is 5.59. The summed E-state index contributed by atoms with van der Waals surface area (Å²) in [5.41, 5.74) is 0. The molecular formula is C13H24N2O3. The number of piperidine rings is 1. The zero-order chi connectivity index (χ0) is 13.7. The van der Waals surface area contributed by atoms with Crippen LogP contribution in [0.1, 0.15) is 33.1 Å². The van der Waals surface area contributed by atoms with E-state index in [4.69, 9.17) is 0 Å². The molecule has 1 heterocycles. The maximum absolute atomic E-state index is 11.9. The van der Waals surface area contributed by atoms with Crippen molar-refractivity contribution in [1.29, 1.82) is 0 Å². The molecule has 0 aromatic carbocycles. The molecule has 1 aliphatic heterocycles. The van der Waals surface area contributed by atoms with Gasteiger partial charge in [-0.05, 0) is 32.2 Å². The highest BCUT2D eigenvalue weighted by Gasteiger charge is 2.33. The molecule has 1 N–H and O–H groups in total. The number of hydrogen-bond acceptors (Lipinski definition) is 3. The molecule has 18 heavy (non-hydrogen) atoms. The van der Waals surface area contributed by atoms with E-state index in [1.165, 1.54) is 0 Å². The molecule has 0 radical (unpaired) electrons. The van der Waals surface area contributed by atoms with Gasteiger partial charge in [-0.15, -0.1) is 0 Å². The molecule has 2 atom stereocenters. The largest absolute Gasteiger partial charge is 0.480 e. The van der Waals surface area contributed by atoms with E-state index in [1.807, 2.05) is 11.8 Å². The van der Waals surface area contributed by atoms with Gasteiger partial charge in [0, 0.05) is 13.6 Å². The highest BCUT2D eigenvalue weighted by Crippen LogP contribution is 2.25. The lowest BCUT2D eigenvalue weighted by molar-refractivity contribution is -0.147. The molecule has 1 amide bonds. The summed E-state index contributed by atoms with van der Waals surface area (Å²) in [6.07, 6.45) is 2.67. The van der Waals surface area contributed by atoms with Gasteiger partial charge in [-0.1, -0.05) is 13.3 Å². The second kappa shape index (κ2) is 6.73. The van der Waals surface area contributed by atoms with Crippen LogP contribution in [0.3, 0.4) is 0 Å². The number of carboxylic acid groups (broad SMARTS) is 1. The predicted octanol–water partition coefficient (Wildman–Crippen LogP) is 1.04. The van der Waals surface area contributed by atoms with Crippen molar-refractivity contribution in [3.05, 3.63) is 0 Å². The van der Waals surface area contributed by atoms with Gasteiger partial charge in [0.2, 0.25) is 5.91 Å². The van der Waals surface area contributed by atoms with Gasteiger partial charge >= 0.3 is 5.97 Å². The molecule has 1 aliphatic rings. The number of rotatable bonds is 5. The zero-order valence-corrected chi connectivity index (χ0v) is 11.6. The molecule has 0 saturated carbocycles. The topological polar surface area (TPSA) is 60.9 Å². The number of aliphatic carboxylic acids is 1. The van der Waals surface area contributed by atoms with Crippen LogP contribution in [0.2, 0.25) is 0 Å². The predicted molar refractivity (Wildman–Crippen MR) is 69.3 cm³/mol. The molecule has 0 aromatic heterocycles. The van der Waals surface area contributed by atoms with Crippen LogP contribution in [0.5, 0.6) is 0 Å². The van der Waals surface area contributed by atoms with Crippen molar-refractivity contribution in [3.8, 4) is 0 Å². The van der Waals surface area contributed by atoms with Crippen molar-refractivity contribution in [1.82, 2.24) is 9.80 Å². The third-order valence-electron chi connectivity index (χ3n) is 3.92. The summed E-state index contributed by atoms with van der Waals surface area (Å²) in [7, 11) is 1.75. The number of likely N-dealkylation sites (tertiary alicyclic amines) is 1. The van der Waals surface area contributed by atoms with Crippen molar-refractivity contribution in [2.24, 2.45) is 5.92 Å². The minimum atomic E-state index is -0.805. The lowest BCUT2D eigenvalue weighted by Gasteiger charge is -2.37. The first-order valence-electron chi connectivity index (χ1n) is 6.70. The number of carboxylic acids is 1. The van der Waals surface area contributed by atoms with Crippen LogP contribution in [0.4, 0.5) is 0 Å². The molecule has 0 aromatic rings.